The molecular formula is C15H25NO. The molecule has 2 heteroatoms. The summed E-state index contributed by atoms with van der Waals surface area (Å²) in [5.41, 5.74) is 1.36. The summed E-state index contributed by atoms with van der Waals surface area (Å²) in [5, 5.41) is 0. The molecule has 1 rings (SSSR count). The number of hydrogen-bond donors (Lipinski definition) is 0. The van der Waals surface area contributed by atoms with Crippen LogP contribution >= 0.6 is 0 Å². The number of hydrogen-bond acceptors (Lipinski definition) is 2. The van der Waals surface area contributed by atoms with Crippen LogP contribution in [0, 0.1) is 0 Å². The van der Waals surface area contributed by atoms with Gasteiger partial charge in [0.05, 0.1) is 6.61 Å². The van der Waals surface area contributed by atoms with Gasteiger partial charge in [0, 0.05) is 6.54 Å². The Balaban J connectivity index is 2.44. The van der Waals surface area contributed by atoms with E-state index in [2.05, 4.69) is 49.9 Å². The van der Waals surface area contributed by atoms with E-state index < -0.39 is 0 Å². The van der Waals surface area contributed by atoms with Crippen LogP contribution in [0.1, 0.15) is 39.2 Å². The molecule has 0 saturated heterocycles. The van der Waals surface area contributed by atoms with Crippen molar-refractivity contribution in [1.29, 1.82) is 0 Å². The normalized spacial score (nSPS) is 10.8. The maximum Gasteiger partial charge on any atom is 0.119 e. The fourth-order valence-electron chi connectivity index (χ4n) is 1.73. The van der Waals surface area contributed by atoms with Crippen molar-refractivity contribution in [2.24, 2.45) is 0 Å². The molecule has 17 heavy (non-hydrogen) atoms. The molecule has 0 aliphatic carbocycles. The number of benzene rings is 1. The van der Waals surface area contributed by atoms with Crippen molar-refractivity contribution in [2.75, 3.05) is 19.7 Å². The summed E-state index contributed by atoms with van der Waals surface area (Å²) in [6.07, 6.45) is 2.31. The van der Waals surface area contributed by atoms with Gasteiger partial charge >= 0.3 is 0 Å². The average molecular weight is 235 g/mol. The predicted molar refractivity (Wildman–Crippen MR) is 73.5 cm³/mol. The Morgan fingerprint density at radius 2 is 1.65 bits per heavy atom. The Kier molecular flexibility index (Phi) is 6.71. The van der Waals surface area contributed by atoms with E-state index in [1.807, 2.05) is 0 Å². The van der Waals surface area contributed by atoms with E-state index in [0.29, 0.717) is 0 Å². The fourth-order valence-corrected chi connectivity index (χ4v) is 1.73. The van der Waals surface area contributed by atoms with E-state index >= 15 is 0 Å². The molecule has 0 saturated carbocycles. The van der Waals surface area contributed by atoms with Gasteiger partial charge in [-0.25, -0.2) is 0 Å². The quantitative estimate of drug-likeness (QED) is 0.637. The first-order chi connectivity index (χ1) is 8.30. The highest BCUT2D eigenvalue weighted by Crippen LogP contribution is 2.14. The van der Waals surface area contributed by atoms with Gasteiger partial charge in [0.1, 0.15) is 5.75 Å². The molecule has 0 heterocycles. The molecule has 0 bridgehead atoms. The zero-order valence-electron chi connectivity index (χ0n) is 11.4. The summed E-state index contributed by atoms with van der Waals surface area (Å²) in [6.45, 7) is 10.6. The molecule has 0 aromatic heterocycles. The van der Waals surface area contributed by atoms with Crippen LogP contribution in [-0.4, -0.2) is 24.6 Å². The van der Waals surface area contributed by atoms with Crippen LogP contribution in [0.5, 0.6) is 5.75 Å². The number of ether oxygens (including phenoxy) is 1. The van der Waals surface area contributed by atoms with Crippen molar-refractivity contribution in [3.05, 3.63) is 29.8 Å². The van der Waals surface area contributed by atoms with Crippen molar-refractivity contribution in [2.45, 2.75) is 40.2 Å². The number of nitrogens with zero attached hydrogens (tertiary/aromatic N) is 1. The molecule has 2 nitrogen and oxygen atoms in total. The van der Waals surface area contributed by atoms with Crippen LogP contribution in [0.15, 0.2) is 24.3 Å². The molecule has 1 aromatic rings. The largest absolute Gasteiger partial charge is 0.494 e. The topological polar surface area (TPSA) is 12.5 Å². The van der Waals surface area contributed by atoms with E-state index in [1.165, 1.54) is 12.0 Å². The van der Waals surface area contributed by atoms with Crippen LogP contribution in [0.4, 0.5) is 0 Å². The summed E-state index contributed by atoms with van der Waals surface area (Å²) in [5.74, 6) is 0.988. The van der Waals surface area contributed by atoms with Gasteiger partial charge in [-0.3, -0.25) is 4.90 Å². The van der Waals surface area contributed by atoms with Crippen LogP contribution in [-0.2, 0) is 6.54 Å². The van der Waals surface area contributed by atoms with Crippen LogP contribution in [0.25, 0.3) is 0 Å². The molecule has 0 aliphatic rings. The molecule has 0 fully saturated rings. The molecule has 0 aliphatic heterocycles. The first-order valence-corrected chi connectivity index (χ1v) is 6.74. The second kappa shape index (κ2) is 8.13. The monoisotopic (exact) mass is 235 g/mol. The minimum absolute atomic E-state index is 0.825. The Morgan fingerprint density at radius 3 is 2.18 bits per heavy atom. The van der Waals surface area contributed by atoms with Gasteiger partial charge in [-0.05, 0) is 37.2 Å². The lowest BCUT2D eigenvalue weighted by Crippen LogP contribution is -2.21. The summed E-state index contributed by atoms with van der Waals surface area (Å²) in [7, 11) is 0. The highest BCUT2D eigenvalue weighted by Gasteiger charge is 2.01. The predicted octanol–water partition coefficient (Wildman–Crippen LogP) is 3.71. The smallest absolute Gasteiger partial charge is 0.119 e. The standard InChI is InChI=1S/C15H25NO/c1-4-7-12-17-15-10-8-14(9-11-15)13-16(5-2)6-3/h8-11H,4-7,12-13H2,1-3H3. The van der Waals surface area contributed by atoms with Gasteiger partial charge in [-0.1, -0.05) is 39.3 Å². The highest BCUT2D eigenvalue weighted by molar-refractivity contribution is 5.27. The van der Waals surface area contributed by atoms with Crippen LogP contribution < -0.4 is 4.74 Å². The lowest BCUT2D eigenvalue weighted by Gasteiger charge is -2.18. The van der Waals surface area contributed by atoms with Gasteiger partial charge in [0.15, 0.2) is 0 Å². The number of rotatable bonds is 8. The summed E-state index contributed by atoms with van der Waals surface area (Å²) in [4.78, 5) is 2.41. The van der Waals surface area contributed by atoms with Gasteiger partial charge in [0.25, 0.3) is 0 Å². The van der Waals surface area contributed by atoms with Gasteiger partial charge in [0.2, 0.25) is 0 Å². The molecule has 0 radical (unpaired) electrons. The first kappa shape index (κ1) is 14.0. The van der Waals surface area contributed by atoms with Crippen LogP contribution in [0.2, 0.25) is 0 Å². The van der Waals surface area contributed by atoms with Crippen molar-refractivity contribution in [3.8, 4) is 5.75 Å². The Hall–Kier alpha value is -1.02. The van der Waals surface area contributed by atoms with E-state index in [1.54, 1.807) is 0 Å². The summed E-state index contributed by atoms with van der Waals surface area (Å²) in [6, 6.07) is 8.49. The van der Waals surface area contributed by atoms with Crippen LogP contribution in [0.3, 0.4) is 0 Å². The molecule has 1 aromatic carbocycles. The fraction of sp³-hybridized carbons (Fsp3) is 0.600. The van der Waals surface area contributed by atoms with E-state index in [0.717, 1.165) is 38.4 Å². The maximum atomic E-state index is 5.65. The molecular weight excluding hydrogens is 210 g/mol. The van der Waals surface area contributed by atoms with Gasteiger partial charge in [-0.15, -0.1) is 0 Å². The lowest BCUT2D eigenvalue weighted by atomic mass is 10.2. The Bertz CT molecular complexity index is 290. The second-order valence-corrected chi connectivity index (χ2v) is 4.31. The van der Waals surface area contributed by atoms with Crippen molar-refractivity contribution >= 4 is 0 Å². The molecule has 0 atom stereocenters. The average Bonchev–Trinajstić information content (AvgIpc) is 2.38. The molecule has 0 amide bonds. The summed E-state index contributed by atoms with van der Waals surface area (Å²) >= 11 is 0. The first-order valence-electron chi connectivity index (χ1n) is 6.74. The zero-order valence-corrected chi connectivity index (χ0v) is 11.4. The lowest BCUT2D eigenvalue weighted by molar-refractivity contribution is 0.294. The minimum atomic E-state index is 0.825. The number of unbranched alkanes of at least 4 members (excludes halogenated alkanes) is 1. The molecule has 96 valence electrons. The SMILES string of the molecule is CCCCOc1ccc(CN(CC)CC)cc1. The van der Waals surface area contributed by atoms with Crippen molar-refractivity contribution < 1.29 is 4.74 Å². The highest BCUT2D eigenvalue weighted by atomic mass is 16.5. The van der Waals surface area contributed by atoms with Crippen molar-refractivity contribution in [1.82, 2.24) is 4.90 Å². The maximum absolute atomic E-state index is 5.65. The Labute approximate surface area is 106 Å². The molecule has 0 unspecified atom stereocenters. The van der Waals surface area contributed by atoms with E-state index in [-0.39, 0.29) is 0 Å². The molecule has 0 N–H and O–H groups in total. The third-order valence-electron chi connectivity index (χ3n) is 2.99. The summed E-state index contributed by atoms with van der Waals surface area (Å²) < 4.78 is 5.65. The van der Waals surface area contributed by atoms with E-state index in [9.17, 15) is 0 Å². The van der Waals surface area contributed by atoms with E-state index in [4.69, 9.17) is 4.74 Å². The van der Waals surface area contributed by atoms with Gasteiger partial charge in [-0.2, -0.15) is 0 Å². The zero-order chi connectivity index (χ0) is 12.5. The third-order valence-corrected chi connectivity index (χ3v) is 2.99. The van der Waals surface area contributed by atoms with Crippen molar-refractivity contribution in [3.63, 3.8) is 0 Å². The minimum Gasteiger partial charge on any atom is -0.494 e. The second-order valence-electron chi connectivity index (χ2n) is 4.31. The van der Waals surface area contributed by atoms with Gasteiger partial charge < -0.3 is 4.74 Å². The third kappa shape index (κ3) is 5.22. The Morgan fingerprint density at radius 1 is 1.00 bits per heavy atom. The molecule has 0 spiro atoms.